The second-order valence-corrected chi connectivity index (χ2v) is 6.44. The molecule has 1 aromatic heterocycles. The predicted molar refractivity (Wildman–Crippen MR) is 77.7 cm³/mol. The second-order valence-electron chi connectivity index (χ2n) is 6.44. The van der Waals surface area contributed by atoms with E-state index in [0.717, 1.165) is 51.2 Å². The lowest BCUT2D eigenvalue weighted by molar-refractivity contribution is -0.385. The highest BCUT2D eigenvalue weighted by Gasteiger charge is 2.45. The van der Waals surface area contributed by atoms with Gasteiger partial charge in [-0.05, 0) is 43.4 Å². The molecule has 1 aromatic rings. The monoisotopic (exact) mass is 306 g/mol. The summed E-state index contributed by atoms with van der Waals surface area (Å²) in [4.78, 5) is 34.6. The van der Waals surface area contributed by atoms with Crippen LogP contribution in [0.1, 0.15) is 42.5 Å². The summed E-state index contributed by atoms with van der Waals surface area (Å²) < 4.78 is 5.89. The summed E-state index contributed by atoms with van der Waals surface area (Å²) in [6.45, 7) is 0.438. The highest BCUT2D eigenvalue weighted by atomic mass is 16.6. The molecule has 118 valence electrons. The van der Waals surface area contributed by atoms with Crippen LogP contribution in [-0.2, 0) is 11.3 Å². The Labute approximate surface area is 127 Å². The van der Waals surface area contributed by atoms with Crippen molar-refractivity contribution in [1.29, 1.82) is 0 Å². The van der Waals surface area contributed by atoms with Crippen molar-refractivity contribution in [3.63, 3.8) is 0 Å². The van der Waals surface area contributed by atoms with Gasteiger partial charge in [-0.1, -0.05) is 0 Å². The summed E-state index contributed by atoms with van der Waals surface area (Å²) in [6, 6.07) is 0.994. The van der Waals surface area contributed by atoms with Crippen molar-refractivity contribution >= 4 is 11.7 Å². The van der Waals surface area contributed by atoms with Crippen LogP contribution in [0.3, 0.4) is 0 Å². The smallest absolute Gasteiger partial charge is 0.343 e. The molecule has 0 unspecified atom stereocenters. The molecule has 7 nitrogen and oxygen atoms in total. The van der Waals surface area contributed by atoms with E-state index >= 15 is 0 Å². The minimum atomic E-state index is -0.837. The first-order valence-corrected chi connectivity index (χ1v) is 7.41. The van der Waals surface area contributed by atoms with E-state index in [1.807, 2.05) is 0 Å². The van der Waals surface area contributed by atoms with Crippen LogP contribution < -0.4 is 5.56 Å². The number of hydrogen-bond acceptors (Lipinski definition) is 5. The Morgan fingerprint density at radius 1 is 1.50 bits per heavy atom. The van der Waals surface area contributed by atoms with Crippen LogP contribution in [-0.4, -0.2) is 22.6 Å². The summed E-state index contributed by atoms with van der Waals surface area (Å²) in [6.07, 6.45) is 6.71. The first-order valence-electron chi connectivity index (χ1n) is 7.41. The van der Waals surface area contributed by atoms with Gasteiger partial charge in [0.1, 0.15) is 5.56 Å². The SMILES string of the molecule is COC(=O)c1cc([N+](=O)[O-])cn(CC23CCC(CC2)C3)c1=O. The van der Waals surface area contributed by atoms with Crippen molar-refractivity contribution in [1.82, 2.24) is 4.57 Å². The van der Waals surface area contributed by atoms with Gasteiger partial charge in [0, 0.05) is 12.6 Å². The van der Waals surface area contributed by atoms with Crippen molar-refractivity contribution in [3.05, 3.63) is 38.3 Å². The minimum absolute atomic E-state index is 0.0527. The molecule has 1 heterocycles. The standard InChI is InChI=1S/C15H18N2O5/c1-22-14(19)12-6-11(17(20)21)8-16(13(12)18)9-15-4-2-10(7-15)3-5-15/h6,8,10H,2-5,7,9H2,1H3. The summed E-state index contributed by atoms with van der Waals surface area (Å²) in [5.41, 5.74) is -0.997. The Hall–Kier alpha value is -2.18. The maximum Gasteiger partial charge on any atom is 0.343 e. The zero-order chi connectivity index (χ0) is 15.9. The Morgan fingerprint density at radius 3 is 2.68 bits per heavy atom. The molecule has 0 aliphatic heterocycles. The number of nitro groups is 1. The van der Waals surface area contributed by atoms with Crippen molar-refractivity contribution in [3.8, 4) is 0 Å². The van der Waals surface area contributed by atoms with Crippen molar-refractivity contribution in [2.75, 3.05) is 7.11 Å². The number of nitrogens with zero attached hydrogens (tertiary/aromatic N) is 2. The number of ether oxygens (including phenoxy) is 1. The lowest BCUT2D eigenvalue weighted by atomic mass is 9.84. The minimum Gasteiger partial charge on any atom is -0.465 e. The van der Waals surface area contributed by atoms with Gasteiger partial charge in [0.15, 0.2) is 0 Å². The van der Waals surface area contributed by atoms with Crippen LogP contribution in [0.25, 0.3) is 0 Å². The largest absolute Gasteiger partial charge is 0.465 e. The molecule has 0 amide bonds. The number of aromatic nitrogens is 1. The normalized spacial score (nSPS) is 26.1. The molecule has 22 heavy (non-hydrogen) atoms. The summed E-state index contributed by atoms with van der Waals surface area (Å²) in [7, 11) is 1.15. The highest BCUT2D eigenvalue weighted by molar-refractivity contribution is 5.89. The Balaban J connectivity index is 2.02. The van der Waals surface area contributed by atoms with Crippen LogP contribution in [0.5, 0.6) is 0 Å². The number of rotatable bonds is 4. The quantitative estimate of drug-likeness (QED) is 0.482. The molecule has 2 fully saturated rings. The molecule has 7 heteroatoms. The van der Waals surface area contributed by atoms with Gasteiger partial charge in [-0.25, -0.2) is 4.79 Å². The molecule has 2 aliphatic carbocycles. The molecule has 0 N–H and O–H groups in total. The van der Waals surface area contributed by atoms with Crippen LogP contribution >= 0.6 is 0 Å². The predicted octanol–water partition coefficient (Wildman–Crippen LogP) is 2.12. The maximum atomic E-state index is 12.4. The molecule has 0 saturated heterocycles. The van der Waals surface area contributed by atoms with E-state index in [1.165, 1.54) is 10.8 Å². The van der Waals surface area contributed by atoms with Crippen LogP contribution in [0.2, 0.25) is 0 Å². The number of methoxy groups -OCH3 is 1. The summed E-state index contributed by atoms with van der Waals surface area (Å²) in [5.74, 6) is -0.120. The lowest BCUT2D eigenvalue weighted by Gasteiger charge is -2.27. The van der Waals surface area contributed by atoms with E-state index in [0.29, 0.717) is 6.54 Å². The average Bonchev–Trinajstić information content (AvgIpc) is 3.08. The topological polar surface area (TPSA) is 91.4 Å². The lowest BCUT2D eigenvalue weighted by Crippen LogP contribution is -2.33. The summed E-state index contributed by atoms with van der Waals surface area (Å²) in [5, 5.41) is 11.1. The van der Waals surface area contributed by atoms with Crippen LogP contribution in [0.4, 0.5) is 5.69 Å². The number of esters is 1. The Bertz CT molecular complexity index is 686. The van der Waals surface area contributed by atoms with E-state index in [9.17, 15) is 19.7 Å². The average molecular weight is 306 g/mol. The fourth-order valence-corrected chi connectivity index (χ4v) is 3.99. The van der Waals surface area contributed by atoms with Gasteiger partial charge in [0.05, 0.1) is 18.2 Å². The maximum absolute atomic E-state index is 12.4. The third-order valence-corrected chi connectivity index (χ3v) is 5.08. The zero-order valence-electron chi connectivity index (χ0n) is 12.4. The fourth-order valence-electron chi connectivity index (χ4n) is 3.99. The van der Waals surface area contributed by atoms with Gasteiger partial charge in [-0.15, -0.1) is 0 Å². The summed E-state index contributed by atoms with van der Waals surface area (Å²) >= 11 is 0. The molecule has 0 spiro atoms. The van der Waals surface area contributed by atoms with Crippen molar-refractivity contribution < 1.29 is 14.5 Å². The van der Waals surface area contributed by atoms with Gasteiger partial charge in [-0.3, -0.25) is 14.9 Å². The van der Waals surface area contributed by atoms with Gasteiger partial charge in [0.25, 0.3) is 11.2 Å². The molecule has 2 aliphatic rings. The van der Waals surface area contributed by atoms with E-state index in [4.69, 9.17) is 0 Å². The molecular weight excluding hydrogens is 288 g/mol. The molecule has 3 rings (SSSR count). The third kappa shape index (κ3) is 2.40. The van der Waals surface area contributed by atoms with Crippen molar-refractivity contribution in [2.24, 2.45) is 11.3 Å². The highest BCUT2D eigenvalue weighted by Crippen LogP contribution is 2.54. The first kappa shape index (κ1) is 14.7. The molecular formula is C15H18N2O5. The molecule has 0 atom stereocenters. The number of pyridine rings is 1. The molecule has 0 aromatic carbocycles. The fraction of sp³-hybridized carbons (Fsp3) is 0.600. The van der Waals surface area contributed by atoms with E-state index in [2.05, 4.69) is 4.74 Å². The van der Waals surface area contributed by atoms with Crippen LogP contribution in [0.15, 0.2) is 17.1 Å². The van der Waals surface area contributed by atoms with Gasteiger partial charge >= 0.3 is 5.97 Å². The van der Waals surface area contributed by atoms with Gasteiger partial charge in [0.2, 0.25) is 0 Å². The van der Waals surface area contributed by atoms with Gasteiger partial charge in [-0.2, -0.15) is 0 Å². The van der Waals surface area contributed by atoms with Crippen LogP contribution in [0, 0.1) is 21.4 Å². The number of carbonyl (C=O) groups excluding carboxylic acids is 1. The Morgan fingerprint density at radius 2 is 2.18 bits per heavy atom. The molecule has 0 radical (unpaired) electrons. The molecule has 2 saturated carbocycles. The van der Waals surface area contributed by atoms with E-state index in [1.54, 1.807) is 0 Å². The third-order valence-electron chi connectivity index (χ3n) is 5.08. The van der Waals surface area contributed by atoms with E-state index in [-0.39, 0.29) is 16.7 Å². The molecule has 2 bridgehead atoms. The Kier molecular flexibility index (Phi) is 3.50. The first-order chi connectivity index (χ1) is 10.4. The number of carbonyl (C=O) groups is 1. The van der Waals surface area contributed by atoms with Gasteiger partial charge < -0.3 is 9.30 Å². The number of fused-ring (bicyclic) bond motifs is 2. The van der Waals surface area contributed by atoms with Crippen molar-refractivity contribution in [2.45, 2.75) is 38.6 Å². The number of hydrogen-bond donors (Lipinski definition) is 0. The second kappa shape index (κ2) is 5.23. The van der Waals surface area contributed by atoms with E-state index < -0.39 is 16.5 Å². The zero-order valence-corrected chi connectivity index (χ0v) is 12.4.